The van der Waals surface area contributed by atoms with E-state index < -0.39 is 10.8 Å². The number of hydrogen-bond donors (Lipinski definition) is 1. The van der Waals surface area contributed by atoms with Crippen LogP contribution in [0.15, 0.2) is 47.6 Å². The van der Waals surface area contributed by atoms with Gasteiger partial charge >= 0.3 is 5.69 Å². The molecule has 25 heavy (non-hydrogen) atoms. The zero-order valence-electron chi connectivity index (χ0n) is 13.7. The Morgan fingerprint density at radius 3 is 2.60 bits per heavy atom. The molecule has 0 aliphatic carbocycles. The van der Waals surface area contributed by atoms with Crippen LogP contribution in [0.3, 0.4) is 0 Å². The summed E-state index contributed by atoms with van der Waals surface area (Å²) in [6, 6.07) is 11.5. The predicted molar refractivity (Wildman–Crippen MR) is 95.1 cm³/mol. The summed E-state index contributed by atoms with van der Waals surface area (Å²) >= 11 is 5.81. The Morgan fingerprint density at radius 2 is 1.96 bits per heavy atom. The van der Waals surface area contributed by atoms with Crippen LogP contribution in [0, 0.1) is 17.0 Å². The second-order valence-corrected chi connectivity index (χ2v) is 5.69. The Balaban J connectivity index is 1.96. The molecule has 0 aliphatic rings. The topological polar surface area (TPSA) is 93.8 Å². The van der Waals surface area contributed by atoms with Crippen LogP contribution in [-0.2, 0) is 4.79 Å². The maximum absolute atomic E-state index is 11.8. The Kier molecular flexibility index (Phi) is 6.08. The molecule has 0 radical (unpaired) electrons. The number of nitro benzene ring substituents is 1. The van der Waals surface area contributed by atoms with Gasteiger partial charge < -0.3 is 4.74 Å². The van der Waals surface area contributed by atoms with Crippen LogP contribution in [0.25, 0.3) is 0 Å². The average Bonchev–Trinajstić information content (AvgIpc) is 2.59. The summed E-state index contributed by atoms with van der Waals surface area (Å²) in [5.74, 6) is -0.493. The molecule has 0 aromatic heterocycles. The molecular formula is C17H16ClN3O4. The third-order valence-electron chi connectivity index (χ3n) is 3.28. The minimum atomic E-state index is -0.553. The van der Waals surface area contributed by atoms with E-state index in [1.54, 1.807) is 44.2 Å². The summed E-state index contributed by atoms with van der Waals surface area (Å²) in [5.41, 5.74) is 4.28. The van der Waals surface area contributed by atoms with Gasteiger partial charge in [-0.15, -0.1) is 0 Å². The number of ether oxygens (including phenoxy) is 1. The van der Waals surface area contributed by atoms with E-state index in [2.05, 4.69) is 10.5 Å². The summed E-state index contributed by atoms with van der Waals surface area (Å²) < 4.78 is 5.23. The number of nitrogens with zero attached hydrogens (tertiary/aromatic N) is 2. The third-order valence-corrected chi connectivity index (χ3v) is 3.53. The van der Waals surface area contributed by atoms with E-state index in [4.69, 9.17) is 16.3 Å². The van der Waals surface area contributed by atoms with Gasteiger partial charge in [-0.25, -0.2) is 5.43 Å². The molecule has 1 amide bonds. The summed E-state index contributed by atoms with van der Waals surface area (Å²) in [5, 5.41) is 15.6. The molecule has 1 N–H and O–H groups in total. The smallest absolute Gasteiger partial charge is 0.311 e. The van der Waals surface area contributed by atoms with E-state index in [0.29, 0.717) is 10.7 Å². The van der Waals surface area contributed by atoms with Gasteiger partial charge in [-0.2, -0.15) is 5.10 Å². The van der Waals surface area contributed by atoms with Crippen LogP contribution in [0.2, 0.25) is 5.02 Å². The number of hydrogen-bond acceptors (Lipinski definition) is 5. The van der Waals surface area contributed by atoms with Gasteiger partial charge in [0.1, 0.15) is 0 Å². The number of halogens is 1. The van der Waals surface area contributed by atoms with Crippen molar-refractivity contribution in [3.63, 3.8) is 0 Å². The van der Waals surface area contributed by atoms with Crippen molar-refractivity contribution in [2.75, 3.05) is 6.61 Å². The van der Waals surface area contributed by atoms with Crippen molar-refractivity contribution < 1.29 is 14.5 Å². The number of nitrogens with one attached hydrogen (secondary N) is 1. The number of aryl methyl sites for hydroxylation is 1. The lowest BCUT2D eigenvalue weighted by Gasteiger charge is -2.07. The van der Waals surface area contributed by atoms with Crippen molar-refractivity contribution in [3.8, 4) is 5.75 Å². The fraction of sp³-hybridized carbons (Fsp3) is 0.176. The van der Waals surface area contributed by atoms with Crippen LogP contribution >= 0.6 is 11.6 Å². The fourth-order valence-electron chi connectivity index (χ4n) is 1.97. The summed E-state index contributed by atoms with van der Waals surface area (Å²) in [7, 11) is 0. The van der Waals surface area contributed by atoms with Gasteiger partial charge in [0.05, 0.1) is 10.6 Å². The highest BCUT2D eigenvalue weighted by Crippen LogP contribution is 2.27. The third kappa shape index (κ3) is 5.29. The van der Waals surface area contributed by atoms with Crippen LogP contribution < -0.4 is 10.2 Å². The second-order valence-electron chi connectivity index (χ2n) is 5.26. The molecule has 0 spiro atoms. The highest BCUT2D eigenvalue weighted by Gasteiger charge is 2.16. The van der Waals surface area contributed by atoms with Crippen molar-refractivity contribution in [2.24, 2.45) is 5.10 Å². The molecule has 0 aliphatic heterocycles. The van der Waals surface area contributed by atoms with Crippen molar-refractivity contribution in [3.05, 3.63) is 68.7 Å². The van der Waals surface area contributed by atoms with Crippen LogP contribution in [0.1, 0.15) is 18.1 Å². The van der Waals surface area contributed by atoms with E-state index >= 15 is 0 Å². The van der Waals surface area contributed by atoms with Gasteiger partial charge in [-0.3, -0.25) is 14.9 Å². The lowest BCUT2D eigenvalue weighted by Crippen LogP contribution is -2.25. The Hall–Kier alpha value is -2.93. The van der Waals surface area contributed by atoms with E-state index in [0.717, 1.165) is 11.1 Å². The lowest BCUT2D eigenvalue weighted by molar-refractivity contribution is -0.385. The SMILES string of the molecule is C/C(=N\NC(=O)COc1ccc(C)cc1[N+](=O)[O-])c1ccc(Cl)cc1. The van der Waals surface area contributed by atoms with Gasteiger partial charge in [0, 0.05) is 11.1 Å². The molecule has 7 nitrogen and oxygen atoms in total. The molecule has 0 saturated carbocycles. The molecular weight excluding hydrogens is 346 g/mol. The van der Waals surface area contributed by atoms with Gasteiger partial charge in [-0.05, 0) is 43.2 Å². The van der Waals surface area contributed by atoms with Gasteiger partial charge in [0.15, 0.2) is 12.4 Å². The number of carbonyl (C=O) groups excluding carboxylic acids is 1. The van der Waals surface area contributed by atoms with Crippen LogP contribution in [0.5, 0.6) is 5.75 Å². The fourth-order valence-corrected chi connectivity index (χ4v) is 2.10. The van der Waals surface area contributed by atoms with Crippen LogP contribution in [-0.4, -0.2) is 23.1 Å². The van der Waals surface area contributed by atoms with Gasteiger partial charge in [0.25, 0.3) is 5.91 Å². The van der Waals surface area contributed by atoms with Crippen molar-refractivity contribution in [1.82, 2.24) is 5.43 Å². The minimum absolute atomic E-state index is 0.0316. The first-order valence-electron chi connectivity index (χ1n) is 7.33. The molecule has 0 unspecified atom stereocenters. The zero-order valence-corrected chi connectivity index (χ0v) is 14.4. The standard InChI is InChI=1S/C17H16ClN3O4/c1-11-3-8-16(15(9-11)21(23)24)25-10-17(22)20-19-12(2)13-4-6-14(18)7-5-13/h3-9H,10H2,1-2H3,(H,20,22)/b19-12+. The van der Waals surface area contributed by atoms with Crippen molar-refractivity contribution >= 4 is 28.9 Å². The minimum Gasteiger partial charge on any atom is -0.477 e. The number of hydrazone groups is 1. The molecule has 0 saturated heterocycles. The number of benzene rings is 2. The highest BCUT2D eigenvalue weighted by molar-refractivity contribution is 6.30. The van der Waals surface area contributed by atoms with E-state index in [-0.39, 0.29) is 18.0 Å². The predicted octanol–water partition coefficient (Wildman–Crippen LogP) is 3.48. The number of carbonyl (C=O) groups is 1. The highest BCUT2D eigenvalue weighted by atomic mass is 35.5. The van der Waals surface area contributed by atoms with E-state index in [1.165, 1.54) is 12.1 Å². The summed E-state index contributed by atoms with van der Waals surface area (Å²) in [4.78, 5) is 22.3. The monoisotopic (exact) mass is 361 g/mol. The maximum atomic E-state index is 11.8. The molecule has 2 aromatic rings. The first kappa shape index (κ1) is 18.4. The Bertz CT molecular complexity index is 819. The van der Waals surface area contributed by atoms with E-state index in [9.17, 15) is 14.9 Å². The Labute approximate surface area is 149 Å². The molecule has 0 heterocycles. The quantitative estimate of drug-likeness (QED) is 0.484. The molecule has 130 valence electrons. The van der Waals surface area contributed by atoms with E-state index in [1.807, 2.05) is 0 Å². The van der Waals surface area contributed by atoms with Crippen molar-refractivity contribution in [1.29, 1.82) is 0 Å². The Morgan fingerprint density at radius 1 is 1.28 bits per heavy atom. The van der Waals surface area contributed by atoms with Crippen LogP contribution in [0.4, 0.5) is 5.69 Å². The number of amides is 1. The largest absolute Gasteiger partial charge is 0.477 e. The van der Waals surface area contributed by atoms with Gasteiger partial charge in [-0.1, -0.05) is 29.8 Å². The summed E-state index contributed by atoms with van der Waals surface area (Å²) in [6.07, 6.45) is 0. The van der Waals surface area contributed by atoms with Gasteiger partial charge in [0.2, 0.25) is 0 Å². The number of nitro groups is 1. The molecule has 0 fully saturated rings. The second kappa shape index (κ2) is 8.25. The first-order valence-corrected chi connectivity index (χ1v) is 7.71. The maximum Gasteiger partial charge on any atom is 0.311 e. The van der Waals surface area contributed by atoms with Crippen molar-refractivity contribution in [2.45, 2.75) is 13.8 Å². The molecule has 0 atom stereocenters. The average molecular weight is 362 g/mol. The molecule has 2 rings (SSSR count). The molecule has 0 bridgehead atoms. The first-order chi connectivity index (χ1) is 11.9. The normalized spacial score (nSPS) is 11.1. The number of rotatable bonds is 6. The summed E-state index contributed by atoms with van der Waals surface area (Å²) in [6.45, 7) is 3.08. The molecule has 8 heteroatoms. The molecule has 2 aromatic carbocycles. The lowest BCUT2D eigenvalue weighted by atomic mass is 10.1. The zero-order chi connectivity index (χ0) is 18.4.